The third-order valence-corrected chi connectivity index (χ3v) is 6.76. The van der Waals surface area contributed by atoms with Crippen molar-refractivity contribution >= 4 is 46.7 Å². The zero-order valence-electron chi connectivity index (χ0n) is 17.5. The van der Waals surface area contributed by atoms with E-state index >= 15 is 0 Å². The number of halogens is 2. The van der Waals surface area contributed by atoms with Crippen molar-refractivity contribution in [1.82, 2.24) is 10.0 Å². The zero-order chi connectivity index (χ0) is 23.0. The lowest BCUT2D eigenvalue weighted by atomic mass is 9.81. The minimum atomic E-state index is -1.11. The first kappa shape index (κ1) is 22.5. The predicted octanol–water partition coefficient (Wildman–Crippen LogP) is 4.80. The molecule has 3 atom stereocenters. The molecule has 2 aliphatic rings. The molecule has 8 heteroatoms. The number of imide groups is 1. The largest absolute Gasteiger partial charge is 0.292 e. The second-order valence-corrected chi connectivity index (χ2v) is 9.01. The van der Waals surface area contributed by atoms with Crippen molar-refractivity contribution in [3.63, 3.8) is 0 Å². The molecule has 1 aliphatic carbocycles. The molecule has 2 aromatic rings. The Kier molecular flexibility index (Phi) is 6.35. The van der Waals surface area contributed by atoms with Gasteiger partial charge in [0.25, 0.3) is 17.7 Å². The Hall–Kier alpha value is -2.70. The van der Waals surface area contributed by atoms with E-state index in [-0.39, 0.29) is 16.4 Å². The van der Waals surface area contributed by atoms with Gasteiger partial charge in [0.05, 0.1) is 22.4 Å². The molecule has 1 aliphatic heterocycles. The lowest BCUT2D eigenvalue weighted by Crippen LogP contribution is -2.56. The molecule has 0 N–H and O–H groups in total. The molecular formula is C24H22Cl2N2O4. The molecule has 6 nitrogen and oxygen atoms in total. The standard InChI is InChI=1S/C24H22Cl2N2O4/c1-14(21(29)15-7-3-2-4-8-15)27(24(32)19-12-11-16(25)13-20(19)26)28-22(30)17-9-5-6-10-18(17)23(28)31/h2-4,7-8,11-14,17-18H,5-6,9-10H2,1H3/t14-,17-,18-/m1/s1. The van der Waals surface area contributed by atoms with Gasteiger partial charge >= 0.3 is 0 Å². The summed E-state index contributed by atoms with van der Waals surface area (Å²) < 4.78 is 0. The summed E-state index contributed by atoms with van der Waals surface area (Å²) in [6.07, 6.45) is 2.89. The highest BCUT2D eigenvalue weighted by Crippen LogP contribution is 2.40. The van der Waals surface area contributed by atoms with E-state index in [4.69, 9.17) is 23.2 Å². The van der Waals surface area contributed by atoms with E-state index in [2.05, 4.69) is 0 Å². The normalized spacial score (nSPS) is 21.3. The van der Waals surface area contributed by atoms with Gasteiger partial charge in [0.15, 0.2) is 5.78 Å². The molecule has 0 spiro atoms. The van der Waals surface area contributed by atoms with Crippen LogP contribution in [-0.4, -0.2) is 39.6 Å². The second kappa shape index (κ2) is 9.04. The predicted molar refractivity (Wildman–Crippen MR) is 120 cm³/mol. The van der Waals surface area contributed by atoms with Crippen LogP contribution in [0.25, 0.3) is 0 Å². The summed E-state index contributed by atoms with van der Waals surface area (Å²) in [5, 5.41) is 2.28. The van der Waals surface area contributed by atoms with Gasteiger partial charge in [-0.2, -0.15) is 5.01 Å². The van der Waals surface area contributed by atoms with Gasteiger partial charge in [-0.3, -0.25) is 19.2 Å². The number of ketones is 1. The average molecular weight is 473 g/mol. The van der Waals surface area contributed by atoms with Crippen molar-refractivity contribution in [3.8, 4) is 0 Å². The fourth-order valence-corrected chi connectivity index (χ4v) is 5.03. The van der Waals surface area contributed by atoms with Crippen molar-refractivity contribution in [2.45, 2.75) is 38.6 Å². The number of hydrogen-bond donors (Lipinski definition) is 0. The Morgan fingerprint density at radius 2 is 1.56 bits per heavy atom. The molecule has 32 heavy (non-hydrogen) atoms. The smallest absolute Gasteiger partial charge is 0.275 e. The van der Waals surface area contributed by atoms with E-state index in [0.717, 1.165) is 22.9 Å². The SMILES string of the molecule is C[C@H](C(=O)c1ccccc1)N(C(=O)c1ccc(Cl)cc1Cl)N1C(=O)[C@@H]2CCCC[C@H]2C1=O. The first-order chi connectivity index (χ1) is 15.3. The van der Waals surface area contributed by atoms with E-state index < -0.39 is 35.6 Å². The minimum absolute atomic E-state index is 0.0549. The van der Waals surface area contributed by atoms with Crippen LogP contribution < -0.4 is 0 Å². The van der Waals surface area contributed by atoms with Gasteiger partial charge in [0, 0.05) is 10.6 Å². The third kappa shape index (κ3) is 3.93. The Morgan fingerprint density at radius 1 is 0.969 bits per heavy atom. The van der Waals surface area contributed by atoms with E-state index in [1.54, 1.807) is 30.3 Å². The maximum absolute atomic E-state index is 13.6. The van der Waals surface area contributed by atoms with Crippen LogP contribution >= 0.6 is 23.2 Å². The topological polar surface area (TPSA) is 74.8 Å². The van der Waals surface area contributed by atoms with Gasteiger partial charge < -0.3 is 0 Å². The van der Waals surface area contributed by atoms with Crippen molar-refractivity contribution in [2.24, 2.45) is 11.8 Å². The number of carbonyl (C=O) groups excluding carboxylic acids is 4. The molecule has 3 amide bonds. The van der Waals surface area contributed by atoms with Crippen LogP contribution in [0.1, 0.15) is 53.3 Å². The third-order valence-electron chi connectivity index (χ3n) is 6.21. The van der Waals surface area contributed by atoms with Crippen LogP contribution in [0.2, 0.25) is 10.0 Å². The molecule has 1 saturated carbocycles. The van der Waals surface area contributed by atoms with Crippen LogP contribution in [0.4, 0.5) is 0 Å². The van der Waals surface area contributed by atoms with Gasteiger partial charge in [-0.15, -0.1) is 0 Å². The summed E-state index contributed by atoms with van der Waals surface area (Å²) in [4.78, 5) is 53.4. The number of nitrogens with zero attached hydrogens (tertiary/aromatic N) is 2. The molecule has 1 saturated heterocycles. The molecule has 4 rings (SSSR count). The quantitative estimate of drug-likeness (QED) is 0.462. The zero-order valence-corrected chi connectivity index (χ0v) is 19.0. The molecule has 0 bridgehead atoms. The Balaban J connectivity index is 1.77. The van der Waals surface area contributed by atoms with E-state index in [0.29, 0.717) is 23.4 Å². The van der Waals surface area contributed by atoms with Gasteiger partial charge in [0.1, 0.15) is 6.04 Å². The Labute approximate surface area is 196 Å². The fourth-order valence-electron chi connectivity index (χ4n) is 4.54. The average Bonchev–Trinajstić information content (AvgIpc) is 3.04. The first-order valence-corrected chi connectivity index (χ1v) is 11.3. The summed E-state index contributed by atoms with van der Waals surface area (Å²) in [7, 11) is 0. The monoisotopic (exact) mass is 472 g/mol. The van der Waals surface area contributed by atoms with Crippen LogP contribution in [0.5, 0.6) is 0 Å². The van der Waals surface area contributed by atoms with E-state index in [1.807, 2.05) is 0 Å². The highest BCUT2D eigenvalue weighted by atomic mass is 35.5. The minimum Gasteiger partial charge on any atom is -0.292 e. The maximum Gasteiger partial charge on any atom is 0.275 e. The molecule has 0 radical (unpaired) electrons. The fraction of sp³-hybridized carbons (Fsp3) is 0.333. The van der Waals surface area contributed by atoms with Crippen LogP contribution in [0, 0.1) is 11.8 Å². The van der Waals surface area contributed by atoms with E-state index in [9.17, 15) is 19.2 Å². The summed E-state index contributed by atoms with van der Waals surface area (Å²) in [6, 6.07) is 11.7. The number of fused-ring (bicyclic) bond motifs is 1. The summed E-state index contributed by atoms with van der Waals surface area (Å²) in [6.45, 7) is 1.51. The number of hydrazine groups is 1. The van der Waals surface area contributed by atoms with Gasteiger partial charge in [-0.1, -0.05) is 66.4 Å². The molecule has 0 aromatic heterocycles. The lowest BCUT2D eigenvalue weighted by Gasteiger charge is -2.35. The van der Waals surface area contributed by atoms with Crippen molar-refractivity contribution < 1.29 is 19.2 Å². The van der Waals surface area contributed by atoms with E-state index in [1.165, 1.54) is 25.1 Å². The molecule has 2 aromatic carbocycles. The van der Waals surface area contributed by atoms with Crippen LogP contribution in [-0.2, 0) is 9.59 Å². The van der Waals surface area contributed by atoms with Crippen molar-refractivity contribution in [1.29, 1.82) is 0 Å². The summed E-state index contributed by atoms with van der Waals surface area (Å²) in [5.41, 5.74) is 0.427. The van der Waals surface area contributed by atoms with Gasteiger partial charge in [-0.05, 0) is 38.0 Å². The molecular weight excluding hydrogens is 451 g/mol. The number of carbonyl (C=O) groups is 4. The van der Waals surface area contributed by atoms with Crippen molar-refractivity contribution in [2.75, 3.05) is 0 Å². The van der Waals surface area contributed by atoms with Gasteiger partial charge in [0.2, 0.25) is 0 Å². The summed E-state index contributed by atoms with van der Waals surface area (Å²) in [5.74, 6) is -2.91. The highest BCUT2D eigenvalue weighted by Gasteiger charge is 2.53. The Morgan fingerprint density at radius 3 is 2.12 bits per heavy atom. The molecule has 2 fully saturated rings. The number of Topliss-reactive ketones (excluding diaryl/α,β-unsaturated/α-hetero) is 1. The van der Waals surface area contributed by atoms with Crippen molar-refractivity contribution in [3.05, 3.63) is 69.7 Å². The van der Waals surface area contributed by atoms with Gasteiger partial charge in [-0.25, -0.2) is 5.01 Å². The second-order valence-electron chi connectivity index (χ2n) is 8.17. The molecule has 0 unspecified atom stereocenters. The maximum atomic E-state index is 13.6. The van der Waals surface area contributed by atoms with Crippen LogP contribution in [0.3, 0.4) is 0 Å². The highest BCUT2D eigenvalue weighted by molar-refractivity contribution is 6.36. The van der Waals surface area contributed by atoms with Crippen LogP contribution in [0.15, 0.2) is 48.5 Å². The first-order valence-electron chi connectivity index (χ1n) is 10.6. The number of hydrogen-bond acceptors (Lipinski definition) is 4. The Bertz CT molecular complexity index is 1060. The molecule has 1 heterocycles. The number of benzene rings is 2. The summed E-state index contributed by atoms with van der Waals surface area (Å²) >= 11 is 12.2. The molecule has 166 valence electrons. The number of amides is 3. The number of rotatable bonds is 5. The lowest BCUT2D eigenvalue weighted by molar-refractivity contribution is -0.156.